The van der Waals surface area contributed by atoms with Crippen molar-refractivity contribution in [2.24, 2.45) is 0 Å². The Bertz CT molecular complexity index is 894. The highest BCUT2D eigenvalue weighted by Crippen LogP contribution is 2.37. The lowest BCUT2D eigenvalue weighted by Gasteiger charge is -2.16. The molecule has 8 heteroatoms. The minimum absolute atomic E-state index is 0.0396. The molecule has 3 rings (SSSR count). The number of ether oxygens (including phenoxy) is 2. The molecule has 2 aromatic rings. The highest BCUT2D eigenvalue weighted by Gasteiger charge is 2.29. The van der Waals surface area contributed by atoms with Gasteiger partial charge in [-0.1, -0.05) is 19.6 Å². The van der Waals surface area contributed by atoms with Crippen LogP contribution in [0.5, 0.6) is 0 Å². The number of amides is 1. The third kappa shape index (κ3) is 6.70. The van der Waals surface area contributed by atoms with Gasteiger partial charge in [-0.05, 0) is 62.8 Å². The first kappa shape index (κ1) is 24.1. The van der Waals surface area contributed by atoms with Gasteiger partial charge in [-0.25, -0.2) is 9.78 Å². The number of carbonyl (C=O) groups is 1. The van der Waals surface area contributed by atoms with Gasteiger partial charge >= 0.3 is 6.09 Å². The molecule has 0 spiro atoms. The van der Waals surface area contributed by atoms with E-state index in [9.17, 15) is 4.79 Å². The summed E-state index contributed by atoms with van der Waals surface area (Å²) in [5.41, 5.74) is 3.13. The Labute approximate surface area is 191 Å². The zero-order valence-electron chi connectivity index (χ0n) is 19.4. The zero-order chi connectivity index (χ0) is 22.6. The lowest BCUT2D eigenvalue weighted by atomic mass is 9.99. The second kappa shape index (κ2) is 10.4. The van der Waals surface area contributed by atoms with Crippen molar-refractivity contribution >= 4 is 36.8 Å². The summed E-state index contributed by atoms with van der Waals surface area (Å²) in [5, 5.41) is 3.88. The quantitative estimate of drug-likeness (QED) is 0.286. The molecule has 2 unspecified atom stereocenters. The van der Waals surface area contributed by atoms with E-state index in [1.807, 2.05) is 20.0 Å². The number of rotatable bonds is 9. The standard InChI is InChI=1S/C23H36ClN3O3Si/c1-16(2)26-23(28)30-21-7-6-17(12-21)19-10-18-11-20(13-24)27(22(18)25-14-19)15-29-8-9-31(3,4)5/h10-11,14,16-17,21H,6-9,12-13,15H2,1-5H3,(H,26,28). The summed E-state index contributed by atoms with van der Waals surface area (Å²) in [7, 11) is -1.11. The number of nitrogens with zero attached hydrogens (tertiary/aromatic N) is 2. The summed E-state index contributed by atoms with van der Waals surface area (Å²) >= 11 is 6.21. The number of aromatic nitrogens is 2. The van der Waals surface area contributed by atoms with Crippen LogP contribution in [-0.4, -0.2) is 42.5 Å². The molecular formula is C23H36ClN3O3Si. The molecule has 1 aliphatic carbocycles. The molecule has 0 bridgehead atoms. The van der Waals surface area contributed by atoms with E-state index < -0.39 is 8.07 Å². The SMILES string of the molecule is CC(C)NC(=O)OC1CCC(c2cnc3c(c2)cc(CCl)n3COCC[Si](C)(C)C)C1. The second-order valence-electron chi connectivity index (χ2n) is 10.1. The lowest BCUT2D eigenvalue weighted by molar-refractivity contribution is 0.0885. The van der Waals surface area contributed by atoms with Crippen molar-refractivity contribution in [2.45, 2.75) is 89.5 Å². The van der Waals surface area contributed by atoms with Crippen LogP contribution in [0.25, 0.3) is 11.0 Å². The van der Waals surface area contributed by atoms with E-state index in [1.54, 1.807) is 0 Å². The van der Waals surface area contributed by atoms with Crippen LogP contribution in [0.4, 0.5) is 4.79 Å². The van der Waals surface area contributed by atoms with Crippen LogP contribution in [0.15, 0.2) is 18.3 Å². The monoisotopic (exact) mass is 465 g/mol. The summed E-state index contributed by atoms with van der Waals surface area (Å²) in [6, 6.07) is 5.54. The smallest absolute Gasteiger partial charge is 0.407 e. The van der Waals surface area contributed by atoms with Gasteiger partial charge in [0.15, 0.2) is 0 Å². The molecule has 1 N–H and O–H groups in total. The number of carbonyl (C=O) groups excluding carboxylic acids is 1. The lowest BCUT2D eigenvalue weighted by Crippen LogP contribution is -2.33. The predicted octanol–water partition coefficient (Wildman–Crippen LogP) is 5.86. The van der Waals surface area contributed by atoms with Crippen LogP contribution in [0.1, 0.15) is 50.3 Å². The molecule has 0 aliphatic heterocycles. The van der Waals surface area contributed by atoms with Gasteiger partial charge < -0.3 is 19.4 Å². The Kier molecular flexibility index (Phi) is 8.05. The van der Waals surface area contributed by atoms with Gasteiger partial charge in [-0.2, -0.15) is 0 Å². The molecule has 1 fully saturated rings. The van der Waals surface area contributed by atoms with E-state index in [4.69, 9.17) is 26.1 Å². The summed E-state index contributed by atoms with van der Waals surface area (Å²) in [5.74, 6) is 0.775. The number of hydrogen-bond donors (Lipinski definition) is 1. The summed E-state index contributed by atoms with van der Waals surface area (Å²) in [6.07, 6.45) is 4.30. The summed E-state index contributed by atoms with van der Waals surface area (Å²) < 4.78 is 13.6. The first-order chi connectivity index (χ1) is 14.7. The van der Waals surface area contributed by atoms with Crippen molar-refractivity contribution in [1.29, 1.82) is 0 Å². The number of alkyl halides is 1. The van der Waals surface area contributed by atoms with Crippen LogP contribution in [0.3, 0.4) is 0 Å². The maximum absolute atomic E-state index is 11.9. The average Bonchev–Trinajstić information content (AvgIpc) is 3.27. The number of alkyl carbamates (subject to hydrolysis) is 1. The molecule has 2 heterocycles. The van der Waals surface area contributed by atoms with Gasteiger partial charge in [0.05, 0.1) is 5.88 Å². The molecule has 1 amide bonds. The van der Waals surface area contributed by atoms with Gasteiger partial charge in [0.1, 0.15) is 18.5 Å². The van der Waals surface area contributed by atoms with Gasteiger partial charge in [-0.15, -0.1) is 11.6 Å². The molecule has 1 aliphatic rings. The third-order valence-electron chi connectivity index (χ3n) is 5.73. The molecule has 31 heavy (non-hydrogen) atoms. The molecule has 0 radical (unpaired) electrons. The molecule has 0 aromatic carbocycles. The number of pyridine rings is 1. The van der Waals surface area contributed by atoms with Crippen LogP contribution in [0, 0.1) is 0 Å². The molecule has 2 atom stereocenters. The van der Waals surface area contributed by atoms with Gasteiger partial charge in [-0.3, -0.25) is 0 Å². The molecule has 2 aromatic heterocycles. The topological polar surface area (TPSA) is 65.4 Å². The van der Waals surface area contributed by atoms with E-state index in [1.165, 1.54) is 5.56 Å². The fourth-order valence-corrected chi connectivity index (χ4v) is 4.98. The Hall–Kier alpha value is -1.57. The van der Waals surface area contributed by atoms with Crippen molar-refractivity contribution in [3.63, 3.8) is 0 Å². The highest BCUT2D eigenvalue weighted by atomic mass is 35.5. The van der Waals surface area contributed by atoms with Crippen LogP contribution in [0.2, 0.25) is 25.7 Å². The predicted molar refractivity (Wildman–Crippen MR) is 129 cm³/mol. The van der Waals surface area contributed by atoms with Crippen molar-refractivity contribution in [2.75, 3.05) is 6.61 Å². The Morgan fingerprint density at radius 2 is 2.10 bits per heavy atom. The van der Waals surface area contributed by atoms with E-state index in [2.05, 4.69) is 41.7 Å². The number of halogens is 1. The maximum atomic E-state index is 11.9. The van der Waals surface area contributed by atoms with E-state index in [0.29, 0.717) is 18.5 Å². The van der Waals surface area contributed by atoms with E-state index in [0.717, 1.165) is 48.6 Å². The van der Waals surface area contributed by atoms with Crippen LogP contribution >= 0.6 is 11.6 Å². The maximum Gasteiger partial charge on any atom is 0.407 e. The van der Waals surface area contributed by atoms with Crippen LogP contribution < -0.4 is 5.32 Å². The summed E-state index contributed by atoms with van der Waals surface area (Å²) in [4.78, 5) is 16.7. The third-order valence-corrected chi connectivity index (χ3v) is 7.71. The normalized spacial score (nSPS) is 19.3. The van der Waals surface area contributed by atoms with Gasteiger partial charge in [0.25, 0.3) is 0 Å². The van der Waals surface area contributed by atoms with Crippen molar-refractivity contribution in [3.8, 4) is 0 Å². The molecule has 0 saturated heterocycles. The minimum atomic E-state index is -1.11. The van der Waals surface area contributed by atoms with Crippen molar-refractivity contribution < 1.29 is 14.3 Å². The van der Waals surface area contributed by atoms with Crippen LogP contribution in [-0.2, 0) is 22.1 Å². The average molecular weight is 466 g/mol. The first-order valence-corrected chi connectivity index (χ1v) is 15.5. The van der Waals surface area contributed by atoms with E-state index in [-0.39, 0.29) is 18.2 Å². The number of hydrogen-bond acceptors (Lipinski definition) is 4. The Balaban J connectivity index is 1.66. The van der Waals surface area contributed by atoms with Crippen molar-refractivity contribution in [1.82, 2.24) is 14.9 Å². The Morgan fingerprint density at radius 3 is 2.77 bits per heavy atom. The Morgan fingerprint density at radius 1 is 1.32 bits per heavy atom. The minimum Gasteiger partial charge on any atom is -0.446 e. The largest absolute Gasteiger partial charge is 0.446 e. The summed E-state index contributed by atoms with van der Waals surface area (Å²) in [6.45, 7) is 12.2. The fraction of sp³-hybridized carbons (Fsp3) is 0.652. The van der Waals surface area contributed by atoms with Gasteiger partial charge in [0.2, 0.25) is 0 Å². The van der Waals surface area contributed by atoms with Crippen molar-refractivity contribution in [3.05, 3.63) is 29.6 Å². The number of nitrogens with one attached hydrogen (secondary N) is 1. The molecular weight excluding hydrogens is 430 g/mol. The van der Waals surface area contributed by atoms with E-state index >= 15 is 0 Å². The molecule has 172 valence electrons. The van der Waals surface area contributed by atoms with Gasteiger partial charge in [0, 0.05) is 38.0 Å². The second-order valence-corrected chi connectivity index (χ2v) is 16.0. The molecule has 6 nitrogen and oxygen atoms in total. The zero-order valence-corrected chi connectivity index (χ0v) is 21.2. The fourth-order valence-electron chi connectivity index (χ4n) is 4.00. The first-order valence-electron chi connectivity index (χ1n) is 11.2. The molecule has 1 saturated carbocycles. The highest BCUT2D eigenvalue weighted by molar-refractivity contribution is 6.76. The number of fused-ring (bicyclic) bond motifs is 1.